The van der Waals surface area contributed by atoms with E-state index in [0.29, 0.717) is 6.54 Å². The van der Waals surface area contributed by atoms with Crippen LogP contribution in [0.4, 0.5) is 5.95 Å². The topological polar surface area (TPSA) is 90.9 Å². The van der Waals surface area contributed by atoms with Crippen molar-refractivity contribution < 1.29 is 4.74 Å². The number of nitrogens with one attached hydrogen (secondary N) is 1. The van der Waals surface area contributed by atoms with Crippen molar-refractivity contribution >= 4 is 5.95 Å². The van der Waals surface area contributed by atoms with Gasteiger partial charge in [0.15, 0.2) is 0 Å². The molecule has 2 aromatic rings. The zero-order valence-corrected chi connectivity index (χ0v) is 8.79. The number of hydrogen-bond donors (Lipinski definition) is 2. The van der Waals surface area contributed by atoms with Gasteiger partial charge in [0.05, 0.1) is 13.7 Å². The monoisotopic (exact) mass is 220 g/mol. The smallest absolute Gasteiger partial charge is 0.260 e. The van der Waals surface area contributed by atoms with Gasteiger partial charge < -0.3 is 15.9 Å². The minimum Gasteiger partial charge on any atom is -0.497 e. The Morgan fingerprint density at radius 3 is 3.06 bits per heavy atom. The molecule has 0 amide bonds. The van der Waals surface area contributed by atoms with Crippen molar-refractivity contribution in [1.29, 1.82) is 0 Å². The summed E-state index contributed by atoms with van der Waals surface area (Å²) in [4.78, 5) is 1.32. The van der Waals surface area contributed by atoms with Gasteiger partial charge in [-0.3, -0.25) is 0 Å². The molecule has 0 saturated carbocycles. The van der Waals surface area contributed by atoms with E-state index in [0.717, 1.165) is 11.3 Å². The van der Waals surface area contributed by atoms with E-state index in [-0.39, 0.29) is 5.95 Å². The Morgan fingerprint density at radius 1 is 1.50 bits per heavy atom. The largest absolute Gasteiger partial charge is 0.497 e. The number of aromatic nitrogens is 4. The normalized spacial score (nSPS) is 10.1. The SMILES string of the molecule is COc1cccc(CNn2nnnc2N)c1. The zero-order valence-electron chi connectivity index (χ0n) is 8.79. The van der Waals surface area contributed by atoms with Gasteiger partial charge in [0.2, 0.25) is 0 Å². The van der Waals surface area contributed by atoms with Crippen LogP contribution in [0.3, 0.4) is 0 Å². The predicted octanol–water partition coefficient (Wildman–Crippen LogP) is 0.00760. The molecule has 0 saturated heterocycles. The molecule has 1 aromatic carbocycles. The summed E-state index contributed by atoms with van der Waals surface area (Å²) < 4.78 is 5.12. The lowest BCUT2D eigenvalue weighted by atomic mass is 10.2. The van der Waals surface area contributed by atoms with E-state index in [1.807, 2.05) is 24.3 Å². The lowest BCUT2D eigenvalue weighted by molar-refractivity contribution is 0.414. The van der Waals surface area contributed by atoms with Crippen molar-refractivity contribution in [3.8, 4) is 5.75 Å². The summed E-state index contributed by atoms with van der Waals surface area (Å²) >= 11 is 0. The second kappa shape index (κ2) is 4.47. The maximum atomic E-state index is 5.50. The molecular weight excluding hydrogens is 208 g/mol. The highest BCUT2D eigenvalue weighted by Crippen LogP contribution is 2.12. The first-order chi connectivity index (χ1) is 7.79. The van der Waals surface area contributed by atoms with Gasteiger partial charge in [-0.05, 0) is 28.1 Å². The Labute approximate surface area is 92.2 Å². The number of tetrazole rings is 1. The molecular formula is C9H12N6O. The van der Waals surface area contributed by atoms with Crippen molar-refractivity contribution in [2.75, 3.05) is 18.3 Å². The first kappa shape index (κ1) is 10.2. The molecule has 0 aliphatic carbocycles. The predicted molar refractivity (Wildman–Crippen MR) is 58.3 cm³/mol. The van der Waals surface area contributed by atoms with E-state index in [1.54, 1.807) is 7.11 Å². The van der Waals surface area contributed by atoms with Gasteiger partial charge in [-0.1, -0.05) is 17.2 Å². The van der Waals surface area contributed by atoms with E-state index in [2.05, 4.69) is 21.0 Å². The Hall–Kier alpha value is -2.31. The van der Waals surface area contributed by atoms with Gasteiger partial charge in [0.1, 0.15) is 5.75 Å². The Kier molecular flexibility index (Phi) is 2.86. The molecule has 0 aliphatic heterocycles. The van der Waals surface area contributed by atoms with E-state index in [1.165, 1.54) is 4.79 Å². The molecule has 0 aliphatic rings. The molecule has 3 N–H and O–H groups in total. The molecule has 0 unspecified atom stereocenters. The Morgan fingerprint density at radius 2 is 2.38 bits per heavy atom. The van der Waals surface area contributed by atoms with Crippen LogP contribution in [-0.2, 0) is 6.54 Å². The molecule has 0 spiro atoms. The van der Waals surface area contributed by atoms with Gasteiger partial charge in [0, 0.05) is 0 Å². The zero-order chi connectivity index (χ0) is 11.4. The molecule has 1 heterocycles. The van der Waals surface area contributed by atoms with E-state index >= 15 is 0 Å². The average molecular weight is 220 g/mol. The quantitative estimate of drug-likeness (QED) is 0.754. The fourth-order valence-corrected chi connectivity index (χ4v) is 1.26. The lowest BCUT2D eigenvalue weighted by Crippen LogP contribution is -2.18. The number of methoxy groups -OCH3 is 1. The van der Waals surface area contributed by atoms with E-state index in [4.69, 9.17) is 10.5 Å². The third-order valence-electron chi connectivity index (χ3n) is 2.06. The van der Waals surface area contributed by atoms with Crippen molar-refractivity contribution in [2.24, 2.45) is 0 Å². The number of nitrogens with zero attached hydrogens (tertiary/aromatic N) is 4. The summed E-state index contributed by atoms with van der Waals surface area (Å²) in [5.74, 6) is 1.03. The van der Waals surface area contributed by atoms with Crippen LogP contribution in [0.2, 0.25) is 0 Å². The summed E-state index contributed by atoms with van der Waals surface area (Å²) in [6, 6.07) is 7.69. The molecule has 0 atom stereocenters. The molecule has 16 heavy (non-hydrogen) atoms. The fourth-order valence-electron chi connectivity index (χ4n) is 1.26. The molecule has 0 bridgehead atoms. The highest BCUT2D eigenvalue weighted by atomic mass is 16.5. The van der Waals surface area contributed by atoms with Gasteiger partial charge >= 0.3 is 0 Å². The van der Waals surface area contributed by atoms with Gasteiger partial charge in [0.25, 0.3) is 5.95 Å². The Balaban J connectivity index is 2.02. The first-order valence-electron chi connectivity index (χ1n) is 4.70. The Bertz CT molecular complexity index is 469. The van der Waals surface area contributed by atoms with Crippen LogP contribution in [0.25, 0.3) is 0 Å². The van der Waals surface area contributed by atoms with Crippen molar-refractivity contribution in [3.05, 3.63) is 29.8 Å². The number of hydrogen-bond acceptors (Lipinski definition) is 6. The van der Waals surface area contributed by atoms with Crippen LogP contribution < -0.4 is 15.9 Å². The highest BCUT2D eigenvalue weighted by Gasteiger charge is 2.00. The van der Waals surface area contributed by atoms with Crippen molar-refractivity contribution in [2.45, 2.75) is 6.54 Å². The summed E-state index contributed by atoms with van der Waals surface area (Å²) in [7, 11) is 1.63. The molecule has 84 valence electrons. The third-order valence-corrected chi connectivity index (χ3v) is 2.06. The summed E-state index contributed by atoms with van der Waals surface area (Å²) in [5, 5.41) is 10.6. The summed E-state index contributed by atoms with van der Waals surface area (Å²) in [5.41, 5.74) is 9.51. The summed E-state index contributed by atoms with van der Waals surface area (Å²) in [6.45, 7) is 0.562. The molecule has 0 radical (unpaired) electrons. The van der Waals surface area contributed by atoms with Gasteiger partial charge in [-0.2, -0.15) is 0 Å². The number of rotatable bonds is 4. The lowest BCUT2D eigenvalue weighted by Gasteiger charge is -2.07. The number of ether oxygens (including phenoxy) is 1. The maximum absolute atomic E-state index is 5.50. The third kappa shape index (κ3) is 2.19. The van der Waals surface area contributed by atoms with Crippen LogP contribution in [0.15, 0.2) is 24.3 Å². The minimum atomic E-state index is 0.225. The van der Waals surface area contributed by atoms with Crippen LogP contribution in [-0.4, -0.2) is 27.4 Å². The van der Waals surface area contributed by atoms with Gasteiger partial charge in [-0.15, -0.1) is 4.79 Å². The second-order valence-electron chi connectivity index (χ2n) is 3.14. The van der Waals surface area contributed by atoms with Crippen molar-refractivity contribution in [1.82, 2.24) is 20.3 Å². The minimum absolute atomic E-state index is 0.225. The van der Waals surface area contributed by atoms with Crippen LogP contribution in [0.1, 0.15) is 5.56 Å². The van der Waals surface area contributed by atoms with Crippen molar-refractivity contribution in [3.63, 3.8) is 0 Å². The molecule has 0 fully saturated rings. The summed E-state index contributed by atoms with van der Waals surface area (Å²) in [6.07, 6.45) is 0. The maximum Gasteiger partial charge on any atom is 0.260 e. The number of benzene rings is 1. The highest BCUT2D eigenvalue weighted by molar-refractivity contribution is 5.29. The molecule has 7 heteroatoms. The van der Waals surface area contributed by atoms with Gasteiger partial charge in [-0.25, -0.2) is 0 Å². The van der Waals surface area contributed by atoms with E-state index in [9.17, 15) is 0 Å². The van der Waals surface area contributed by atoms with Crippen LogP contribution in [0.5, 0.6) is 5.75 Å². The molecule has 1 aromatic heterocycles. The second-order valence-corrected chi connectivity index (χ2v) is 3.14. The standard InChI is InChI=1S/C9H12N6O/c1-16-8-4-2-3-7(5-8)6-11-15-9(10)12-13-14-15/h2-5,11H,6H2,1H3,(H2,10,12,14). The van der Waals surface area contributed by atoms with E-state index < -0.39 is 0 Å². The fraction of sp³-hybridized carbons (Fsp3) is 0.222. The number of nitrogens with two attached hydrogens (primary N) is 1. The number of nitrogen functional groups attached to an aromatic ring is 1. The van der Waals surface area contributed by atoms with Crippen LogP contribution >= 0.6 is 0 Å². The molecule has 2 rings (SSSR count). The average Bonchev–Trinajstić information content (AvgIpc) is 2.72. The first-order valence-corrected chi connectivity index (χ1v) is 4.70. The number of anilines is 1. The van der Waals surface area contributed by atoms with Crippen LogP contribution in [0, 0.1) is 0 Å². The molecule has 7 nitrogen and oxygen atoms in total.